The molecule has 7 heteroatoms. The molecule has 6 nitrogen and oxygen atoms in total. The second kappa shape index (κ2) is 8.73. The summed E-state index contributed by atoms with van der Waals surface area (Å²) >= 11 is 1.74. The summed E-state index contributed by atoms with van der Waals surface area (Å²) in [6.07, 6.45) is 6.13. The molecule has 0 bridgehead atoms. The molecule has 1 fully saturated rings. The highest BCUT2D eigenvalue weighted by Gasteiger charge is 2.23. The summed E-state index contributed by atoms with van der Waals surface area (Å²) in [5, 5.41) is 5.50. The van der Waals surface area contributed by atoms with Gasteiger partial charge in [-0.2, -0.15) is 5.10 Å². The molecule has 28 heavy (non-hydrogen) atoms. The zero-order valence-electron chi connectivity index (χ0n) is 16.5. The predicted octanol–water partition coefficient (Wildman–Crippen LogP) is 3.89. The fraction of sp³-hybridized carbons (Fsp3) is 0.429. The van der Waals surface area contributed by atoms with Crippen molar-refractivity contribution in [3.63, 3.8) is 0 Å². The maximum absolute atomic E-state index is 4.87. The lowest BCUT2D eigenvalue weighted by molar-refractivity contribution is 0.346. The minimum atomic E-state index is 0.552. The number of nitrogens with zero attached hydrogens (tertiary/aromatic N) is 6. The molecule has 0 amide bonds. The van der Waals surface area contributed by atoms with Gasteiger partial charge in [-0.3, -0.25) is 4.98 Å². The maximum Gasteiger partial charge on any atom is 0.148 e. The molecule has 0 spiro atoms. The Morgan fingerprint density at radius 3 is 2.75 bits per heavy atom. The van der Waals surface area contributed by atoms with Gasteiger partial charge in [0.25, 0.3) is 0 Å². The Bertz CT molecular complexity index is 910. The molecule has 1 aliphatic rings. The van der Waals surface area contributed by atoms with Crippen LogP contribution in [0.4, 0.5) is 5.82 Å². The summed E-state index contributed by atoms with van der Waals surface area (Å²) in [6.45, 7) is 6.91. The van der Waals surface area contributed by atoms with Crippen molar-refractivity contribution < 1.29 is 0 Å². The Balaban J connectivity index is 1.40. The van der Waals surface area contributed by atoms with Crippen LogP contribution in [0, 0.1) is 19.8 Å². The van der Waals surface area contributed by atoms with Crippen LogP contribution in [0.25, 0.3) is 0 Å². The van der Waals surface area contributed by atoms with Gasteiger partial charge in [0.05, 0.1) is 12.4 Å². The average Bonchev–Trinajstić information content (AvgIpc) is 3.04. The zero-order valence-corrected chi connectivity index (χ0v) is 17.3. The first-order valence-corrected chi connectivity index (χ1v) is 10.8. The van der Waals surface area contributed by atoms with E-state index >= 15 is 0 Å². The van der Waals surface area contributed by atoms with Crippen molar-refractivity contribution in [3.8, 4) is 0 Å². The van der Waals surface area contributed by atoms with Gasteiger partial charge in [-0.1, -0.05) is 30.3 Å². The predicted molar refractivity (Wildman–Crippen MR) is 112 cm³/mol. The average molecular weight is 395 g/mol. The van der Waals surface area contributed by atoms with E-state index in [2.05, 4.69) is 44.2 Å². The molecule has 1 saturated heterocycles. The molecule has 0 radical (unpaired) electrons. The molecule has 2 aromatic heterocycles. The van der Waals surface area contributed by atoms with Gasteiger partial charge in [0, 0.05) is 25.4 Å². The normalized spacial score (nSPS) is 17.1. The van der Waals surface area contributed by atoms with E-state index in [1.807, 2.05) is 37.0 Å². The van der Waals surface area contributed by atoms with Gasteiger partial charge in [0.2, 0.25) is 0 Å². The van der Waals surface area contributed by atoms with Crippen molar-refractivity contribution in [3.05, 3.63) is 59.9 Å². The molecule has 0 saturated carbocycles. The number of thioether (sulfide) groups is 1. The van der Waals surface area contributed by atoms with Crippen LogP contribution < -0.4 is 4.90 Å². The van der Waals surface area contributed by atoms with Crippen molar-refractivity contribution in [1.29, 1.82) is 0 Å². The summed E-state index contributed by atoms with van der Waals surface area (Å²) in [6, 6.07) is 10.5. The Kier molecular flexibility index (Phi) is 5.90. The number of rotatable bonds is 6. The molecule has 146 valence electrons. The summed E-state index contributed by atoms with van der Waals surface area (Å²) in [4.78, 5) is 16.1. The molecule has 3 heterocycles. The van der Waals surface area contributed by atoms with Crippen LogP contribution in [0.2, 0.25) is 0 Å². The van der Waals surface area contributed by atoms with Gasteiger partial charge in [0.15, 0.2) is 0 Å². The number of hydrogen-bond donors (Lipinski definition) is 0. The lowest BCUT2D eigenvalue weighted by Crippen LogP contribution is -2.38. The first-order chi connectivity index (χ1) is 13.7. The summed E-state index contributed by atoms with van der Waals surface area (Å²) in [7, 11) is 0. The van der Waals surface area contributed by atoms with Crippen LogP contribution in [-0.4, -0.2) is 37.8 Å². The van der Waals surface area contributed by atoms with Gasteiger partial charge in [-0.15, -0.1) is 11.8 Å². The number of aryl methyl sites for hydroxylation is 2. The van der Waals surface area contributed by atoms with E-state index in [1.54, 1.807) is 11.8 Å². The SMILES string of the molecule is Cc1nc(C)n(CC2CCCN(c3cncc(SCc4ccccc4)n3)C2)n1. The van der Waals surface area contributed by atoms with Crippen LogP contribution in [0.15, 0.2) is 47.8 Å². The van der Waals surface area contributed by atoms with E-state index in [1.165, 1.54) is 18.4 Å². The van der Waals surface area contributed by atoms with Crippen LogP contribution >= 0.6 is 11.8 Å². The van der Waals surface area contributed by atoms with Gasteiger partial charge in [-0.25, -0.2) is 14.6 Å². The number of anilines is 1. The smallest absolute Gasteiger partial charge is 0.148 e. The lowest BCUT2D eigenvalue weighted by atomic mass is 9.98. The van der Waals surface area contributed by atoms with Crippen molar-refractivity contribution in [2.45, 2.75) is 44.0 Å². The molecule has 3 aromatic rings. The Morgan fingerprint density at radius 2 is 1.96 bits per heavy atom. The van der Waals surface area contributed by atoms with E-state index in [0.717, 1.165) is 47.9 Å². The molecule has 1 aliphatic heterocycles. The van der Waals surface area contributed by atoms with Crippen molar-refractivity contribution >= 4 is 17.6 Å². The van der Waals surface area contributed by atoms with Crippen LogP contribution in [0.1, 0.15) is 30.1 Å². The topological polar surface area (TPSA) is 59.7 Å². The Labute approximate surface area is 170 Å². The highest BCUT2D eigenvalue weighted by atomic mass is 32.2. The monoisotopic (exact) mass is 394 g/mol. The van der Waals surface area contributed by atoms with Crippen LogP contribution in [0.5, 0.6) is 0 Å². The summed E-state index contributed by atoms with van der Waals surface area (Å²) < 4.78 is 2.04. The molecule has 1 unspecified atom stereocenters. The lowest BCUT2D eigenvalue weighted by Gasteiger charge is -2.33. The van der Waals surface area contributed by atoms with Crippen molar-refractivity contribution in [2.24, 2.45) is 5.92 Å². The van der Waals surface area contributed by atoms with Crippen LogP contribution in [0.3, 0.4) is 0 Å². The van der Waals surface area contributed by atoms with Gasteiger partial charge >= 0.3 is 0 Å². The van der Waals surface area contributed by atoms with Gasteiger partial charge < -0.3 is 4.90 Å². The largest absolute Gasteiger partial charge is 0.355 e. The molecular weight excluding hydrogens is 368 g/mol. The van der Waals surface area contributed by atoms with Gasteiger partial charge in [0.1, 0.15) is 22.5 Å². The maximum atomic E-state index is 4.87. The summed E-state index contributed by atoms with van der Waals surface area (Å²) in [5.41, 5.74) is 1.30. The van der Waals surface area contributed by atoms with Crippen molar-refractivity contribution in [1.82, 2.24) is 24.7 Å². The van der Waals surface area contributed by atoms with E-state index in [0.29, 0.717) is 5.92 Å². The Hall–Kier alpha value is -2.41. The first-order valence-electron chi connectivity index (χ1n) is 9.79. The van der Waals surface area contributed by atoms with E-state index in [-0.39, 0.29) is 0 Å². The summed E-state index contributed by atoms with van der Waals surface area (Å²) in [5.74, 6) is 4.28. The Morgan fingerprint density at radius 1 is 1.11 bits per heavy atom. The van der Waals surface area contributed by atoms with E-state index in [4.69, 9.17) is 4.98 Å². The second-order valence-corrected chi connectivity index (χ2v) is 8.33. The van der Waals surface area contributed by atoms with E-state index in [9.17, 15) is 0 Å². The number of piperidine rings is 1. The van der Waals surface area contributed by atoms with E-state index < -0.39 is 0 Å². The third kappa shape index (κ3) is 4.70. The number of aromatic nitrogens is 5. The third-order valence-corrected chi connectivity index (χ3v) is 6.04. The first kappa shape index (κ1) is 18.9. The fourth-order valence-electron chi connectivity index (χ4n) is 3.69. The minimum Gasteiger partial charge on any atom is -0.355 e. The number of hydrogen-bond acceptors (Lipinski definition) is 6. The van der Waals surface area contributed by atoms with Crippen molar-refractivity contribution in [2.75, 3.05) is 18.0 Å². The highest BCUT2D eigenvalue weighted by Crippen LogP contribution is 2.26. The molecule has 1 atom stereocenters. The third-order valence-electron chi connectivity index (χ3n) is 5.07. The number of benzene rings is 1. The molecule has 1 aromatic carbocycles. The molecule has 4 rings (SSSR count). The standard InChI is InChI=1S/C21H26N6S/c1-16-23-17(2)27(25-16)14-19-9-6-10-26(13-19)20-11-22-12-21(24-20)28-15-18-7-4-3-5-8-18/h3-5,7-8,11-12,19H,6,9-10,13-15H2,1-2H3. The highest BCUT2D eigenvalue weighted by molar-refractivity contribution is 7.98. The zero-order chi connectivity index (χ0) is 19.3. The quantitative estimate of drug-likeness (QED) is 0.591. The molecule has 0 N–H and O–H groups in total. The van der Waals surface area contributed by atoms with Gasteiger partial charge in [-0.05, 0) is 38.2 Å². The fourth-order valence-corrected chi connectivity index (χ4v) is 4.49. The minimum absolute atomic E-state index is 0.552. The molecular formula is C21H26N6S. The second-order valence-electron chi connectivity index (χ2n) is 7.33. The molecule has 0 aliphatic carbocycles. The van der Waals surface area contributed by atoms with Crippen LogP contribution in [-0.2, 0) is 12.3 Å².